The molecule has 1 atom stereocenters. The van der Waals surface area contributed by atoms with E-state index in [4.69, 9.17) is 4.74 Å². The van der Waals surface area contributed by atoms with Crippen LogP contribution in [0.5, 0.6) is 0 Å². The lowest BCUT2D eigenvalue weighted by atomic mass is 10.2. The summed E-state index contributed by atoms with van der Waals surface area (Å²) in [5.41, 5.74) is 1.83. The third-order valence-corrected chi connectivity index (χ3v) is 3.69. The first kappa shape index (κ1) is 12.3. The van der Waals surface area contributed by atoms with Crippen molar-refractivity contribution in [2.45, 2.75) is 18.9 Å². The molecular weight excluding hydrogens is 262 g/mol. The van der Waals surface area contributed by atoms with E-state index in [0.717, 1.165) is 24.1 Å². The van der Waals surface area contributed by atoms with Crippen LogP contribution in [0.1, 0.15) is 12.8 Å². The van der Waals surface area contributed by atoms with E-state index in [2.05, 4.69) is 15.3 Å². The Morgan fingerprint density at radius 2 is 2.26 bits per heavy atom. The van der Waals surface area contributed by atoms with Gasteiger partial charge in [0.2, 0.25) is 0 Å². The Hall–Kier alpha value is -1.79. The maximum absolute atomic E-state index is 11.9. The predicted molar refractivity (Wildman–Crippen MR) is 72.9 cm³/mol. The summed E-state index contributed by atoms with van der Waals surface area (Å²) < 4.78 is 5.33. The number of hydrogen-bond acceptors (Lipinski definition) is 5. The van der Waals surface area contributed by atoms with Gasteiger partial charge in [-0.1, -0.05) is 0 Å². The van der Waals surface area contributed by atoms with Crippen LogP contribution in [0.15, 0.2) is 29.9 Å². The van der Waals surface area contributed by atoms with Crippen LogP contribution in [0.3, 0.4) is 0 Å². The second-order valence-electron chi connectivity index (χ2n) is 4.26. The lowest BCUT2D eigenvalue weighted by Gasteiger charge is -2.07. The molecule has 0 saturated carbocycles. The van der Waals surface area contributed by atoms with Crippen molar-refractivity contribution in [2.24, 2.45) is 0 Å². The minimum Gasteiger partial charge on any atom is -0.368 e. The monoisotopic (exact) mass is 275 g/mol. The molecule has 1 N–H and O–H groups in total. The Labute approximate surface area is 114 Å². The average molecular weight is 275 g/mol. The van der Waals surface area contributed by atoms with Gasteiger partial charge in [0.1, 0.15) is 6.10 Å². The molecule has 0 bridgehead atoms. The number of ether oxygens (including phenoxy) is 1. The fourth-order valence-electron chi connectivity index (χ4n) is 1.96. The van der Waals surface area contributed by atoms with Crippen molar-refractivity contribution < 1.29 is 9.53 Å². The second kappa shape index (κ2) is 5.46. The molecule has 5 nitrogen and oxygen atoms in total. The van der Waals surface area contributed by atoms with Gasteiger partial charge in [-0.05, 0) is 25.0 Å². The first-order valence-corrected chi connectivity index (χ1v) is 6.99. The van der Waals surface area contributed by atoms with Gasteiger partial charge in [0.15, 0.2) is 5.13 Å². The minimum atomic E-state index is -0.326. The summed E-state index contributed by atoms with van der Waals surface area (Å²) in [7, 11) is 0. The molecule has 3 rings (SSSR count). The van der Waals surface area contributed by atoms with Crippen molar-refractivity contribution in [3.05, 3.63) is 29.9 Å². The molecule has 1 saturated heterocycles. The van der Waals surface area contributed by atoms with Crippen molar-refractivity contribution in [3.63, 3.8) is 0 Å². The van der Waals surface area contributed by atoms with E-state index < -0.39 is 0 Å². The first-order chi connectivity index (χ1) is 9.33. The molecule has 6 heteroatoms. The molecule has 0 spiro atoms. The molecule has 98 valence electrons. The lowest BCUT2D eigenvalue weighted by molar-refractivity contribution is -0.124. The fraction of sp³-hybridized carbons (Fsp3) is 0.308. The highest BCUT2D eigenvalue weighted by molar-refractivity contribution is 7.14. The van der Waals surface area contributed by atoms with Crippen LogP contribution in [0.4, 0.5) is 5.13 Å². The predicted octanol–water partition coefficient (Wildman–Crippen LogP) is 2.32. The van der Waals surface area contributed by atoms with E-state index in [1.807, 2.05) is 17.5 Å². The molecule has 19 heavy (non-hydrogen) atoms. The van der Waals surface area contributed by atoms with Gasteiger partial charge in [-0.2, -0.15) is 0 Å². The number of nitrogens with zero attached hydrogens (tertiary/aromatic N) is 2. The van der Waals surface area contributed by atoms with Crippen molar-refractivity contribution in [1.29, 1.82) is 0 Å². The van der Waals surface area contributed by atoms with Crippen molar-refractivity contribution in [2.75, 3.05) is 11.9 Å². The van der Waals surface area contributed by atoms with Gasteiger partial charge in [0.05, 0.1) is 5.69 Å². The van der Waals surface area contributed by atoms with E-state index in [-0.39, 0.29) is 12.0 Å². The molecule has 0 aromatic carbocycles. The van der Waals surface area contributed by atoms with Gasteiger partial charge in [-0.25, -0.2) is 4.98 Å². The maximum atomic E-state index is 11.9. The zero-order valence-electron chi connectivity index (χ0n) is 10.2. The van der Waals surface area contributed by atoms with Crippen molar-refractivity contribution in [3.8, 4) is 11.3 Å². The third kappa shape index (κ3) is 2.80. The highest BCUT2D eigenvalue weighted by Crippen LogP contribution is 2.25. The summed E-state index contributed by atoms with van der Waals surface area (Å²) in [4.78, 5) is 20.2. The minimum absolute atomic E-state index is 0.104. The highest BCUT2D eigenvalue weighted by Gasteiger charge is 2.24. The molecule has 3 heterocycles. The third-order valence-electron chi connectivity index (χ3n) is 2.93. The SMILES string of the molecule is O=C(Nc1nc(-c2ccncc2)cs1)C1CCCO1. The number of pyridine rings is 1. The number of aromatic nitrogens is 2. The average Bonchev–Trinajstić information content (AvgIpc) is 3.11. The molecule has 2 aromatic rings. The molecule has 1 aliphatic rings. The van der Waals surface area contributed by atoms with Gasteiger partial charge >= 0.3 is 0 Å². The Bertz CT molecular complexity index is 564. The van der Waals surface area contributed by atoms with E-state index in [9.17, 15) is 4.79 Å². The van der Waals surface area contributed by atoms with Gasteiger partial charge in [0.25, 0.3) is 5.91 Å². The zero-order valence-corrected chi connectivity index (χ0v) is 11.0. The molecule has 1 amide bonds. The fourth-order valence-corrected chi connectivity index (χ4v) is 2.68. The van der Waals surface area contributed by atoms with Crippen molar-refractivity contribution in [1.82, 2.24) is 9.97 Å². The van der Waals surface area contributed by atoms with Gasteiger partial charge in [-0.15, -0.1) is 11.3 Å². The standard InChI is InChI=1S/C13H13N3O2S/c17-12(11-2-1-7-18-11)16-13-15-10(8-19-13)9-3-5-14-6-4-9/h3-6,8,11H,1-2,7H2,(H,15,16,17). The summed E-state index contributed by atoms with van der Waals surface area (Å²) in [6, 6.07) is 3.78. The summed E-state index contributed by atoms with van der Waals surface area (Å²) >= 11 is 1.41. The molecule has 1 fully saturated rings. The zero-order chi connectivity index (χ0) is 13.1. The van der Waals surface area contributed by atoms with Crippen LogP contribution in [0.25, 0.3) is 11.3 Å². The first-order valence-electron chi connectivity index (χ1n) is 6.11. The molecule has 0 radical (unpaired) electrons. The number of carbonyl (C=O) groups is 1. The molecule has 1 unspecified atom stereocenters. The van der Waals surface area contributed by atoms with Crippen LogP contribution in [0.2, 0.25) is 0 Å². The van der Waals surface area contributed by atoms with Crippen LogP contribution in [0, 0.1) is 0 Å². The van der Waals surface area contributed by atoms with E-state index in [1.54, 1.807) is 12.4 Å². The highest BCUT2D eigenvalue weighted by atomic mass is 32.1. The number of thiazole rings is 1. The second-order valence-corrected chi connectivity index (χ2v) is 5.12. The van der Waals surface area contributed by atoms with Crippen LogP contribution in [-0.2, 0) is 9.53 Å². The summed E-state index contributed by atoms with van der Waals surface area (Å²) in [6.45, 7) is 0.665. The summed E-state index contributed by atoms with van der Waals surface area (Å²) in [5.74, 6) is -0.104. The molecular formula is C13H13N3O2S. The molecule has 2 aromatic heterocycles. The largest absolute Gasteiger partial charge is 0.368 e. The van der Waals surface area contributed by atoms with Gasteiger partial charge in [-0.3, -0.25) is 15.1 Å². The Kier molecular flexibility index (Phi) is 3.52. The molecule has 1 aliphatic heterocycles. The Morgan fingerprint density at radius 3 is 3.00 bits per heavy atom. The number of amides is 1. The summed E-state index contributed by atoms with van der Waals surface area (Å²) in [6.07, 6.45) is 4.85. The van der Waals surface area contributed by atoms with Gasteiger partial charge < -0.3 is 4.74 Å². The van der Waals surface area contributed by atoms with E-state index in [0.29, 0.717) is 11.7 Å². The van der Waals surface area contributed by atoms with Crippen LogP contribution in [-0.4, -0.2) is 28.6 Å². The number of anilines is 1. The Morgan fingerprint density at radius 1 is 1.42 bits per heavy atom. The lowest BCUT2D eigenvalue weighted by Crippen LogP contribution is -2.26. The number of hydrogen-bond donors (Lipinski definition) is 1. The number of carbonyl (C=O) groups excluding carboxylic acids is 1. The molecule has 0 aliphatic carbocycles. The van der Waals surface area contributed by atoms with E-state index in [1.165, 1.54) is 11.3 Å². The van der Waals surface area contributed by atoms with Crippen molar-refractivity contribution >= 4 is 22.4 Å². The summed E-state index contributed by atoms with van der Waals surface area (Å²) in [5, 5.41) is 5.32. The maximum Gasteiger partial charge on any atom is 0.255 e. The quantitative estimate of drug-likeness (QED) is 0.933. The topological polar surface area (TPSA) is 64.1 Å². The number of nitrogens with one attached hydrogen (secondary N) is 1. The smallest absolute Gasteiger partial charge is 0.255 e. The normalized spacial score (nSPS) is 18.4. The van der Waals surface area contributed by atoms with Gasteiger partial charge in [0, 0.05) is 29.9 Å². The Balaban J connectivity index is 1.70. The van der Waals surface area contributed by atoms with E-state index >= 15 is 0 Å². The van der Waals surface area contributed by atoms with Crippen LogP contribution >= 0.6 is 11.3 Å². The number of rotatable bonds is 3. The van der Waals surface area contributed by atoms with Crippen LogP contribution < -0.4 is 5.32 Å².